The first-order chi connectivity index (χ1) is 31.2. The summed E-state index contributed by atoms with van der Waals surface area (Å²) in [6.07, 6.45) is 0. The van der Waals surface area contributed by atoms with Crippen LogP contribution in [0.1, 0.15) is 0 Å². The largest absolute Gasteiger partial charge is 0.456 e. The maximum absolute atomic E-state index is 6.63. The zero-order valence-electron chi connectivity index (χ0n) is 34.2. The van der Waals surface area contributed by atoms with Gasteiger partial charge in [-0.3, -0.25) is 0 Å². The van der Waals surface area contributed by atoms with Crippen LogP contribution in [0.5, 0.6) is 0 Å². The smallest absolute Gasteiger partial charge is 0.136 e. The van der Waals surface area contributed by atoms with Crippen molar-refractivity contribution in [1.29, 1.82) is 0 Å². The summed E-state index contributed by atoms with van der Waals surface area (Å²) in [6, 6.07) is 80.6. The quantitative estimate of drug-likeness (QED) is 0.128. The number of hydrogen-bond acceptors (Lipinski definition) is 1. The average Bonchev–Trinajstić information content (AvgIpc) is 3.73. The molecule has 0 N–H and O–H groups in total. The minimum atomic E-state index is 0.917. The molecule has 14 aromatic rings. The van der Waals surface area contributed by atoms with Crippen LogP contribution in [0.15, 0.2) is 223 Å². The van der Waals surface area contributed by atoms with Crippen molar-refractivity contribution in [2.24, 2.45) is 0 Å². The monoisotopic (exact) mass is 796 g/mol. The third kappa shape index (κ3) is 4.99. The lowest BCUT2D eigenvalue weighted by molar-refractivity contribution is 0.670. The molecule has 0 saturated carbocycles. The summed E-state index contributed by atoms with van der Waals surface area (Å²) in [4.78, 5) is 0. The highest BCUT2D eigenvalue weighted by Gasteiger charge is 2.20. The van der Waals surface area contributed by atoms with Gasteiger partial charge in [0.05, 0.1) is 0 Å². The Morgan fingerprint density at radius 3 is 1.35 bits per heavy atom. The molecule has 0 radical (unpaired) electrons. The molecule has 0 aliphatic carbocycles. The Labute approximate surface area is 362 Å². The van der Waals surface area contributed by atoms with Crippen molar-refractivity contribution in [3.8, 4) is 33.4 Å². The van der Waals surface area contributed by atoms with Crippen LogP contribution in [0, 0.1) is 0 Å². The summed E-state index contributed by atoms with van der Waals surface area (Å²) in [7, 11) is 0. The van der Waals surface area contributed by atoms with Gasteiger partial charge < -0.3 is 4.42 Å². The van der Waals surface area contributed by atoms with Crippen LogP contribution < -0.4 is 0 Å². The molecule has 1 nitrogen and oxygen atoms in total. The summed E-state index contributed by atoms with van der Waals surface area (Å²) in [6.45, 7) is 0. The molecule has 0 bridgehead atoms. The molecule has 290 valence electrons. The van der Waals surface area contributed by atoms with Crippen LogP contribution in [0.25, 0.3) is 141 Å². The number of hydrogen-bond donors (Lipinski definition) is 0. The van der Waals surface area contributed by atoms with E-state index in [1.807, 2.05) is 0 Å². The van der Waals surface area contributed by atoms with Gasteiger partial charge in [-0.1, -0.05) is 188 Å². The number of rotatable bonds is 3. The molecular weight excluding hydrogens is 761 g/mol. The van der Waals surface area contributed by atoms with E-state index in [1.54, 1.807) is 0 Å². The van der Waals surface area contributed by atoms with Gasteiger partial charge in [-0.25, -0.2) is 0 Å². The maximum Gasteiger partial charge on any atom is 0.136 e. The fourth-order valence-corrected chi connectivity index (χ4v) is 11.0. The molecule has 0 atom stereocenters. The minimum absolute atomic E-state index is 0.917. The van der Waals surface area contributed by atoms with Gasteiger partial charge in [-0.2, -0.15) is 0 Å². The highest BCUT2D eigenvalue weighted by Crippen LogP contribution is 2.47. The van der Waals surface area contributed by atoms with Crippen molar-refractivity contribution >= 4 is 108 Å². The van der Waals surface area contributed by atoms with Gasteiger partial charge >= 0.3 is 0 Å². The Morgan fingerprint density at radius 1 is 0.222 bits per heavy atom. The van der Waals surface area contributed by atoms with E-state index in [2.05, 4.69) is 218 Å². The first-order valence-electron chi connectivity index (χ1n) is 21.8. The lowest BCUT2D eigenvalue weighted by atomic mass is 9.84. The average molecular weight is 797 g/mol. The molecule has 0 spiro atoms. The molecule has 0 aliphatic rings. The first-order valence-corrected chi connectivity index (χ1v) is 21.8. The van der Waals surface area contributed by atoms with E-state index in [4.69, 9.17) is 4.42 Å². The zero-order chi connectivity index (χ0) is 41.2. The van der Waals surface area contributed by atoms with Crippen molar-refractivity contribution in [2.75, 3.05) is 0 Å². The first kappa shape index (κ1) is 34.5. The summed E-state index contributed by atoms with van der Waals surface area (Å²) < 4.78 is 6.63. The van der Waals surface area contributed by atoms with Crippen molar-refractivity contribution in [1.82, 2.24) is 0 Å². The number of fused-ring (bicyclic) bond motifs is 16. The molecule has 0 saturated heterocycles. The topological polar surface area (TPSA) is 13.1 Å². The summed E-state index contributed by atoms with van der Waals surface area (Å²) in [5, 5.41) is 22.3. The minimum Gasteiger partial charge on any atom is -0.456 e. The van der Waals surface area contributed by atoms with Gasteiger partial charge in [0, 0.05) is 10.8 Å². The SMILES string of the molecule is c1ccc2c(c1)cc(-c1ccc(-c3c4ccccc4c(-c4ccc5c(c4)c4ccccc4c4cc6c(cc54)oc4ccc5ccccc5c46)c4ccccc34)cc1)c1ccccc12. The fraction of sp³-hybridized carbons (Fsp3) is 0. The van der Waals surface area contributed by atoms with Crippen molar-refractivity contribution in [2.45, 2.75) is 0 Å². The predicted octanol–water partition coefficient (Wildman–Crippen LogP) is 17.8. The van der Waals surface area contributed by atoms with Crippen LogP contribution in [0.2, 0.25) is 0 Å². The lowest BCUT2D eigenvalue weighted by Crippen LogP contribution is -1.92. The standard InChI is InChI=1S/C62H36O/c1-4-16-43-37(13-1)30-32-58-62(43)57-35-55-47-20-8-7-19-46(47)54-34-41(29-31-48(54)56(55)36-59(57)63-58)61-51-23-11-9-21-49(51)60(50-22-10-12-24-52(50)61)39-27-25-38(26-28-39)53-33-40-14-2-3-15-42(40)44-17-5-6-18-45(44)53/h1-36H. The Bertz CT molecular complexity index is 4190. The highest BCUT2D eigenvalue weighted by atomic mass is 16.3. The Morgan fingerprint density at radius 2 is 0.683 bits per heavy atom. The Balaban J connectivity index is 0.972. The molecule has 13 aromatic carbocycles. The summed E-state index contributed by atoms with van der Waals surface area (Å²) >= 11 is 0. The highest BCUT2D eigenvalue weighted by molar-refractivity contribution is 6.31. The fourth-order valence-electron chi connectivity index (χ4n) is 11.0. The normalized spacial score (nSPS) is 12.1. The van der Waals surface area contributed by atoms with Crippen molar-refractivity contribution in [3.63, 3.8) is 0 Å². The zero-order valence-corrected chi connectivity index (χ0v) is 34.2. The second kappa shape index (κ2) is 13.1. The molecular formula is C62H36O. The third-order valence-electron chi connectivity index (χ3n) is 13.8. The van der Waals surface area contributed by atoms with Crippen LogP contribution >= 0.6 is 0 Å². The van der Waals surface area contributed by atoms with E-state index in [0.29, 0.717) is 0 Å². The number of benzene rings is 13. The summed E-state index contributed by atoms with van der Waals surface area (Å²) in [5.74, 6) is 0. The second-order valence-electron chi connectivity index (χ2n) is 17.1. The molecule has 0 fully saturated rings. The van der Waals surface area contributed by atoms with Gasteiger partial charge in [-0.15, -0.1) is 0 Å². The van der Waals surface area contributed by atoms with Crippen molar-refractivity contribution < 1.29 is 4.42 Å². The van der Waals surface area contributed by atoms with E-state index < -0.39 is 0 Å². The Hall–Kier alpha value is -8.26. The molecule has 0 amide bonds. The molecule has 1 heteroatoms. The van der Waals surface area contributed by atoms with Gasteiger partial charge in [0.1, 0.15) is 11.2 Å². The van der Waals surface area contributed by atoms with Crippen LogP contribution in [0.4, 0.5) is 0 Å². The van der Waals surface area contributed by atoms with Crippen LogP contribution in [0.3, 0.4) is 0 Å². The van der Waals surface area contributed by atoms with Gasteiger partial charge in [-0.05, 0) is 150 Å². The third-order valence-corrected chi connectivity index (χ3v) is 13.8. The summed E-state index contributed by atoms with van der Waals surface area (Å²) in [5.41, 5.74) is 9.26. The lowest BCUT2D eigenvalue weighted by Gasteiger charge is -2.19. The second-order valence-corrected chi connectivity index (χ2v) is 17.1. The molecule has 0 unspecified atom stereocenters. The van der Waals surface area contributed by atoms with Gasteiger partial charge in [0.15, 0.2) is 0 Å². The van der Waals surface area contributed by atoms with E-state index in [9.17, 15) is 0 Å². The molecule has 1 aromatic heterocycles. The maximum atomic E-state index is 6.63. The molecule has 1 heterocycles. The molecule has 63 heavy (non-hydrogen) atoms. The van der Waals surface area contributed by atoms with E-state index in [0.717, 1.165) is 16.6 Å². The van der Waals surface area contributed by atoms with Crippen LogP contribution in [-0.2, 0) is 0 Å². The van der Waals surface area contributed by atoms with E-state index in [-0.39, 0.29) is 0 Å². The van der Waals surface area contributed by atoms with Crippen LogP contribution in [-0.4, -0.2) is 0 Å². The molecule has 0 aliphatic heterocycles. The predicted molar refractivity (Wildman–Crippen MR) is 270 cm³/mol. The van der Waals surface area contributed by atoms with Gasteiger partial charge in [0.2, 0.25) is 0 Å². The van der Waals surface area contributed by atoms with Crippen molar-refractivity contribution in [3.05, 3.63) is 218 Å². The number of furan rings is 1. The molecule has 14 rings (SSSR count). The van der Waals surface area contributed by atoms with E-state index >= 15 is 0 Å². The van der Waals surface area contributed by atoms with Gasteiger partial charge in [0.25, 0.3) is 0 Å². The Kier molecular flexibility index (Phi) is 7.17. The van der Waals surface area contributed by atoms with E-state index in [1.165, 1.54) is 125 Å².